The maximum Gasteiger partial charge on any atom is 0.310 e. The quantitative estimate of drug-likeness (QED) is 0.882. The second-order valence-electron chi connectivity index (χ2n) is 5.54. The van der Waals surface area contributed by atoms with E-state index in [-0.39, 0.29) is 18.1 Å². The SMILES string of the molecule is Cc1cccc(NC(=O)[C@@H]2[C@@H](C(=O)O)[C@H]3CC[C@H]2O3)c1. The van der Waals surface area contributed by atoms with E-state index in [1.54, 1.807) is 6.07 Å². The third kappa shape index (κ3) is 2.18. The van der Waals surface area contributed by atoms with Crippen LogP contribution in [0.5, 0.6) is 0 Å². The topological polar surface area (TPSA) is 75.6 Å². The smallest absolute Gasteiger partial charge is 0.310 e. The number of carboxylic acids is 1. The van der Waals surface area contributed by atoms with E-state index in [4.69, 9.17) is 4.74 Å². The third-order valence-electron chi connectivity index (χ3n) is 4.15. The first-order valence-electron chi connectivity index (χ1n) is 6.82. The van der Waals surface area contributed by atoms with Gasteiger partial charge < -0.3 is 15.2 Å². The van der Waals surface area contributed by atoms with Crippen LogP contribution in [-0.2, 0) is 14.3 Å². The molecule has 2 saturated heterocycles. The van der Waals surface area contributed by atoms with Crippen LogP contribution in [0.4, 0.5) is 5.69 Å². The summed E-state index contributed by atoms with van der Waals surface area (Å²) in [5.41, 5.74) is 1.74. The van der Waals surface area contributed by atoms with Crippen molar-refractivity contribution in [1.29, 1.82) is 0 Å². The number of rotatable bonds is 3. The number of carboxylic acid groups (broad SMARTS) is 1. The fraction of sp³-hybridized carbons (Fsp3) is 0.467. The molecule has 2 aliphatic rings. The Morgan fingerprint density at radius 3 is 2.60 bits per heavy atom. The molecular weight excluding hydrogens is 258 g/mol. The van der Waals surface area contributed by atoms with Crippen LogP contribution in [-0.4, -0.2) is 29.2 Å². The van der Waals surface area contributed by atoms with E-state index in [1.165, 1.54) is 0 Å². The van der Waals surface area contributed by atoms with E-state index in [9.17, 15) is 14.7 Å². The van der Waals surface area contributed by atoms with Crippen LogP contribution >= 0.6 is 0 Å². The van der Waals surface area contributed by atoms with Gasteiger partial charge in [0, 0.05) is 5.69 Å². The number of anilines is 1. The van der Waals surface area contributed by atoms with Gasteiger partial charge in [-0.1, -0.05) is 12.1 Å². The van der Waals surface area contributed by atoms with Crippen LogP contribution in [0.15, 0.2) is 24.3 Å². The molecule has 5 heteroatoms. The lowest BCUT2D eigenvalue weighted by Crippen LogP contribution is -2.40. The van der Waals surface area contributed by atoms with Crippen molar-refractivity contribution >= 4 is 17.6 Å². The third-order valence-corrected chi connectivity index (χ3v) is 4.15. The lowest BCUT2D eigenvalue weighted by atomic mass is 9.78. The summed E-state index contributed by atoms with van der Waals surface area (Å²) in [6.45, 7) is 1.94. The zero-order chi connectivity index (χ0) is 14.3. The summed E-state index contributed by atoms with van der Waals surface area (Å²) >= 11 is 0. The summed E-state index contributed by atoms with van der Waals surface area (Å²) in [4.78, 5) is 23.7. The van der Waals surface area contributed by atoms with E-state index in [1.807, 2.05) is 25.1 Å². The number of aliphatic carboxylic acids is 1. The molecule has 1 aromatic rings. The lowest BCUT2D eigenvalue weighted by Gasteiger charge is -2.23. The monoisotopic (exact) mass is 275 g/mol. The molecule has 20 heavy (non-hydrogen) atoms. The first-order valence-corrected chi connectivity index (χ1v) is 6.82. The van der Waals surface area contributed by atoms with Gasteiger partial charge in [0.05, 0.1) is 24.0 Å². The molecule has 2 bridgehead atoms. The Labute approximate surface area is 116 Å². The number of amides is 1. The Morgan fingerprint density at radius 2 is 1.95 bits per heavy atom. The molecule has 4 atom stereocenters. The van der Waals surface area contributed by atoms with Gasteiger partial charge in [0.1, 0.15) is 0 Å². The summed E-state index contributed by atoms with van der Waals surface area (Å²) in [6.07, 6.45) is 0.924. The summed E-state index contributed by atoms with van der Waals surface area (Å²) in [5, 5.41) is 12.1. The number of benzene rings is 1. The van der Waals surface area contributed by atoms with E-state index in [2.05, 4.69) is 5.32 Å². The van der Waals surface area contributed by atoms with E-state index in [0.29, 0.717) is 5.69 Å². The number of fused-ring (bicyclic) bond motifs is 2. The van der Waals surface area contributed by atoms with Gasteiger partial charge in [0.25, 0.3) is 0 Å². The lowest BCUT2D eigenvalue weighted by molar-refractivity contribution is -0.147. The number of carbonyl (C=O) groups excluding carboxylic acids is 1. The highest BCUT2D eigenvalue weighted by Gasteiger charge is 2.55. The number of hydrogen-bond acceptors (Lipinski definition) is 3. The van der Waals surface area contributed by atoms with Gasteiger partial charge in [0.2, 0.25) is 5.91 Å². The fourth-order valence-electron chi connectivity index (χ4n) is 3.27. The number of ether oxygens (including phenoxy) is 1. The van der Waals surface area contributed by atoms with Gasteiger partial charge in [0.15, 0.2) is 0 Å². The van der Waals surface area contributed by atoms with Crippen molar-refractivity contribution in [2.24, 2.45) is 11.8 Å². The highest BCUT2D eigenvalue weighted by atomic mass is 16.5. The van der Waals surface area contributed by atoms with Gasteiger partial charge in [-0.2, -0.15) is 0 Å². The highest BCUT2D eigenvalue weighted by molar-refractivity contribution is 5.96. The number of carbonyl (C=O) groups is 2. The van der Waals surface area contributed by atoms with Gasteiger partial charge in [-0.15, -0.1) is 0 Å². The van der Waals surface area contributed by atoms with Crippen molar-refractivity contribution in [3.8, 4) is 0 Å². The van der Waals surface area contributed by atoms with Crippen molar-refractivity contribution in [2.75, 3.05) is 5.32 Å². The largest absolute Gasteiger partial charge is 0.481 e. The molecule has 106 valence electrons. The van der Waals surface area contributed by atoms with Crippen molar-refractivity contribution in [3.63, 3.8) is 0 Å². The molecule has 2 fully saturated rings. The molecule has 0 aliphatic carbocycles. The fourth-order valence-corrected chi connectivity index (χ4v) is 3.27. The standard InChI is InChI=1S/C15H17NO4/c1-8-3-2-4-9(7-8)16-14(17)12-10-5-6-11(20-10)13(12)15(18)19/h2-4,7,10-13H,5-6H2,1H3,(H,16,17)(H,18,19)/t10-,11-,12+,13+/m1/s1. The van der Waals surface area contributed by atoms with Crippen LogP contribution < -0.4 is 5.32 Å². The Morgan fingerprint density at radius 1 is 1.25 bits per heavy atom. The zero-order valence-corrected chi connectivity index (χ0v) is 11.2. The van der Waals surface area contributed by atoms with Gasteiger partial charge in [-0.3, -0.25) is 9.59 Å². The molecule has 1 aromatic carbocycles. The Balaban J connectivity index is 1.78. The molecular formula is C15H17NO4. The zero-order valence-electron chi connectivity index (χ0n) is 11.2. The van der Waals surface area contributed by atoms with E-state index < -0.39 is 17.8 Å². The van der Waals surface area contributed by atoms with Crippen LogP contribution in [0.2, 0.25) is 0 Å². The second-order valence-corrected chi connectivity index (χ2v) is 5.54. The van der Waals surface area contributed by atoms with Crippen molar-refractivity contribution in [2.45, 2.75) is 32.0 Å². The number of nitrogens with one attached hydrogen (secondary N) is 1. The van der Waals surface area contributed by atoms with Crippen molar-refractivity contribution in [1.82, 2.24) is 0 Å². The predicted octanol–water partition coefficient (Wildman–Crippen LogP) is 1.81. The highest BCUT2D eigenvalue weighted by Crippen LogP contribution is 2.44. The maximum absolute atomic E-state index is 12.4. The molecule has 0 aromatic heterocycles. The van der Waals surface area contributed by atoms with Gasteiger partial charge >= 0.3 is 5.97 Å². The van der Waals surface area contributed by atoms with Gasteiger partial charge in [-0.05, 0) is 37.5 Å². The van der Waals surface area contributed by atoms with Gasteiger partial charge in [-0.25, -0.2) is 0 Å². The molecule has 0 spiro atoms. The predicted molar refractivity (Wildman–Crippen MR) is 72.3 cm³/mol. The molecule has 0 unspecified atom stereocenters. The maximum atomic E-state index is 12.4. The van der Waals surface area contributed by atoms with Crippen molar-refractivity contribution in [3.05, 3.63) is 29.8 Å². The van der Waals surface area contributed by atoms with Crippen LogP contribution in [0, 0.1) is 18.8 Å². The van der Waals surface area contributed by atoms with Crippen LogP contribution in [0.1, 0.15) is 18.4 Å². The molecule has 3 rings (SSSR count). The average molecular weight is 275 g/mol. The van der Waals surface area contributed by atoms with E-state index in [0.717, 1.165) is 18.4 Å². The Hall–Kier alpha value is -1.88. The minimum Gasteiger partial charge on any atom is -0.481 e. The molecule has 5 nitrogen and oxygen atoms in total. The average Bonchev–Trinajstić information content (AvgIpc) is 2.98. The summed E-state index contributed by atoms with van der Waals surface area (Å²) in [5.74, 6) is -2.51. The van der Waals surface area contributed by atoms with Crippen molar-refractivity contribution < 1.29 is 19.4 Å². The first-order chi connectivity index (χ1) is 9.56. The number of hydrogen-bond donors (Lipinski definition) is 2. The van der Waals surface area contributed by atoms with Crippen LogP contribution in [0.25, 0.3) is 0 Å². The second kappa shape index (κ2) is 4.90. The summed E-state index contributed by atoms with van der Waals surface area (Å²) in [6, 6.07) is 7.46. The molecule has 0 saturated carbocycles. The van der Waals surface area contributed by atoms with Crippen LogP contribution in [0.3, 0.4) is 0 Å². The Bertz CT molecular complexity index is 557. The molecule has 2 aliphatic heterocycles. The molecule has 1 amide bonds. The molecule has 2 N–H and O–H groups in total. The minimum atomic E-state index is -0.943. The minimum absolute atomic E-state index is 0.254. The summed E-state index contributed by atoms with van der Waals surface area (Å²) < 4.78 is 5.60. The Kier molecular flexibility index (Phi) is 3.22. The molecule has 0 radical (unpaired) electrons. The summed E-state index contributed by atoms with van der Waals surface area (Å²) in [7, 11) is 0. The number of aryl methyl sites for hydroxylation is 1. The molecule has 2 heterocycles. The first kappa shape index (κ1) is 13.1. The normalized spacial score (nSPS) is 31.2. The van der Waals surface area contributed by atoms with E-state index >= 15 is 0 Å².